The van der Waals surface area contributed by atoms with Crippen LogP contribution in [0.3, 0.4) is 0 Å². The maximum absolute atomic E-state index is 13.2. The van der Waals surface area contributed by atoms with E-state index in [1.165, 1.54) is 0 Å². The number of benzene rings is 1. The van der Waals surface area contributed by atoms with Gasteiger partial charge >= 0.3 is 0 Å². The summed E-state index contributed by atoms with van der Waals surface area (Å²) in [4.78, 5) is 19.6. The first-order valence-corrected chi connectivity index (χ1v) is 10.6. The van der Waals surface area contributed by atoms with Gasteiger partial charge in [0.2, 0.25) is 0 Å². The van der Waals surface area contributed by atoms with Crippen LogP contribution < -0.4 is 5.73 Å². The number of carbonyl (C=O) groups excluding carboxylic acids is 1. The van der Waals surface area contributed by atoms with Crippen LogP contribution in [0.2, 0.25) is 0 Å². The summed E-state index contributed by atoms with van der Waals surface area (Å²) in [6.07, 6.45) is 5.54. The summed E-state index contributed by atoms with van der Waals surface area (Å²) in [7, 11) is 1.95. The van der Waals surface area contributed by atoms with Crippen molar-refractivity contribution < 1.29 is 4.79 Å². The van der Waals surface area contributed by atoms with Gasteiger partial charge in [0, 0.05) is 43.3 Å². The maximum Gasteiger partial charge on any atom is 0.274 e. The average molecular weight is 425 g/mol. The average Bonchev–Trinajstić information content (AvgIpc) is 3.43. The number of nitrogens with two attached hydrogens (primary N) is 1. The molecule has 5 rings (SSSR count). The van der Waals surface area contributed by atoms with Crippen LogP contribution in [0.5, 0.6) is 0 Å². The Morgan fingerprint density at radius 2 is 2.03 bits per heavy atom. The molecule has 0 unspecified atom stereocenters. The zero-order valence-corrected chi connectivity index (χ0v) is 17.8. The van der Waals surface area contributed by atoms with E-state index in [1.807, 2.05) is 42.1 Å². The molecule has 1 saturated heterocycles. The third-order valence-corrected chi connectivity index (χ3v) is 5.92. The molecule has 1 aromatic carbocycles. The Bertz CT molecular complexity index is 1340. The van der Waals surface area contributed by atoms with Crippen LogP contribution >= 0.6 is 0 Å². The van der Waals surface area contributed by atoms with Crippen LogP contribution in [0.4, 0.5) is 0 Å². The molecule has 1 aliphatic heterocycles. The van der Waals surface area contributed by atoms with Crippen molar-refractivity contribution in [2.75, 3.05) is 13.1 Å². The molecule has 0 saturated carbocycles. The van der Waals surface area contributed by atoms with Crippen LogP contribution in [0.1, 0.15) is 28.9 Å². The predicted octanol–water partition coefficient (Wildman–Crippen LogP) is 2.86. The lowest BCUT2D eigenvalue weighted by molar-refractivity contribution is 0.0702. The highest BCUT2D eigenvalue weighted by molar-refractivity contribution is 5.94. The molecule has 1 atom stereocenters. The van der Waals surface area contributed by atoms with Gasteiger partial charge in [-0.15, -0.1) is 0 Å². The Labute approximate surface area is 185 Å². The molecule has 3 aromatic heterocycles. The molecule has 0 bridgehead atoms. The van der Waals surface area contributed by atoms with Gasteiger partial charge in [0.1, 0.15) is 5.65 Å². The summed E-state index contributed by atoms with van der Waals surface area (Å²) in [6, 6.07) is 15.2. The van der Waals surface area contributed by atoms with Crippen LogP contribution in [0.25, 0.3) is 28.0 Å². The van der Waals surface area contributed by atoms with Gasteiger partial charge in [-0.25, -0.2) is 9.67 Å². The van der Waals surface area contributed by atoms with Crippen molar-refractivity contribution in [2.24, 2.45) is 12.8 Å². The Hall–Kier alpha value is -3.96. The summed E-state index contributed by atoms with van der Waals surface area (Å²) >= 11 is 0. The highest BCUT2D eigenvalue weighted by Crippen LogP contribution is 2.27. The first kappa shape index (κ1) is 20.0. The van der Waals surface area contributed by atoms with Crippen LogP contribution in [0, 0.1) is 11.3 Å². The summed E-state index contributed by atoms with van der Waals surface area (Å²) in [5.74, 6) is -0.123. The summed E-state index contributed by atoms with van der Waals surface area (Å²) in [5.41, 5.74) is 10.3. The molecule has 0 spiro atoms. The monoisotopic (exact) mass is 425 g/mol. The minimum atomic E-state index is -0.123. The number of aryl methyl sites for hydroxylation is 1. The topological polar surface area (TPSA) is 106 Å². The number of hydrogen-bond acceptors (Lipinski definition) is 5. The molecule has 0 radical (unpaired) electrons. The number of pyridine rings is 1. The first-order chi connectivity index (χ1) is 15.5. The van der Waals surface area contributed by atoms with E-state index in [1.54, 1.807) is 34.0 Å². The second-order valence-corrected chi connectivity index (χ2v) is 8.20. The van der Waals surface area contributed by atoms with Crippen LogP contribution in [-0.4, -0.2) is 49.3 Å². The fraction of sp³-hybridized carbons (Fsp3) is 0.250. The van der Waals surface area contributed by atoms with E-state index in [2.05, 4.69) is 16.2 Å². The van der Waals surface area contributed by atoms with Gasteiger partial charge in [-0.3, -0.25) is 4.79 Å². The summed E-state index contributed by atoms with van der Waals surface area (Å²) in [6.45, 7) is 1.22. The van der Waals surface area contributed by atoms with E-state index >= 15 is 0 Å². The van der Waals surface area contributed by atoms with Crippen molar-refractivity contribution in [1.29, 1.82) is 5.26 Å². The molecule has 8 nitrogen and oxygen atoms in total. The lowest BCUT2D eigenvalue weighted by Gasteiger charge is -2.30. The Morgan fingerprint density at radius 1 is 1.22 bits per heavy atom. The number of piperidine rings is 1. The number of nitriles is 1. The van der Waals surface area contributed by atoms with E-state index in [0.717, 1.165) is 40.8 Å². The summed E-state index contributed by atoms with van der Waals surface area (Å²) in [5, 5.41) is 14.8. The minimum Gasteiger partial charge on any atom is -0.336 e. The maximum atomic E-state index is 13.2. The van der Waals surface area contributed by atoms with Crippen molar-refractivity contribution in [1.82, 2.24) is 24.2 Å². The van der Waals surface area contributed by atoms with Gasteiger partial charge < -0.3 is 15.2 Å². The van der Waals surface area contributed by atoms with Gasteiger partial charge in [-0.1, -0.05) is 12.1 Å². The Morgan fingerprint density at radius 3 is 2.78 bits per heavy atom. The largest absolute Gasteiger partial charge is 0.336 e. The highest BCUT2D eigenvalue weighted by Gasteiger charge is 2.26. The molecular formula is C24H23N7O. The normalized spacial score (nSPS) is 16.3. The zero-order valence-electron chi connectivity index (χ0n) is 17.8. The van der Waals surface area contributed by atoms with Crippen LogP contribution in [-0.2, 0) is 7.05 Å². The van der Waals surface area contributed by atoms with Gasteiger partial charge in [0.05, 0.1) is 29.2 Å². The molecule has 2 N–H and O–H groups in total. The summed E-state index contributed by atoms with van der Waals surface area (Å²) < 4.78 is 3.70. The number of amides is 1. The van der Waals surface area contributed by atoms with E-state index in [-0.39, 0.29) is 11.9 Å². The quantitative estimate of drug-likeness (QED) is 0.543. The molecule has 4 heterocycles. The van der Waals surface area contributed by atoms with Gasteiger partial charge in [0.15, 0.2) is 5.69 Å². The molecule has 160 valence electrons. The van der Waals surface area contributed by atoms with E-state index in [4.69, 9.17) is 11.0 Å². The van der Waals surface area contributed by atoms with Gasteiger partial charge in [-0.2, -0.15) is 10.4 Å². The molecule has 0 aliphatic carbocycles. The third-order valence-electron chi connectivity index (χ3n) is 5.92. The standard InChI is InChI=1S/C24H23N7O/c1-29-10-8-18-11-20(14-27-23(18)29)31-22(17-6-4-16(13-25)5-7-17)12-21(28-31)24(32)30-9-2-3-19(26)15-30/h4-8,10-12,14,19H,2-3,9,15,26H2,1H3/t19-/m1/s1. The van der Waals surface area contributed by atoms with E-state index < -0.39 is 0 Å². The minimum absolute atomic E-state index is 0.00234. The molecule has 1 fully saturated rings. The Balaban J connectivity index is 1.61. The number of fused-ring (bicyclic) bond motifs is 1. The molecule has 8 heteroatoms. The number of nitrogens with zero attached hydrogens (tertiary/aromatic N) is 6. The lowest BCUT2D eigenvalue weighted by Crippen LogP contribution is -2.45. The molecule has 4 aromatic rings. The fourth-order valence-electron chi connectivity index (χ4n) is 4.22. The third kappa shape index (κ3) is 3.53. The SMILES string of the molecule is Cn1ccc2cc(-n3nc(C(=O)N4CCC[C@@H](N)C4)cc3-c3ccc(C#N)cc3)cnc21. The zero-order chi connectivity index (χ0) is 22.2. The first-order valence-electron chi connectivity index (χ1n) is 10.6. The lowest BCUT2D eigenvalue weighted by atomic mass is 10.1. The van der Waals surface area contributed by atoms with Crippen molar-refractivity contribution in [3.05, 3.63) is 66.1 Å². The van der Waals surface area contributed by atoms with Gasteiger partial charge in [0.25, 0.3) is 5.91 Å². The van der Waals surface area contributed by atoms with Crippen molar-refractivity contribution >= 4 is 16.9 Å². The van der Waals surface area contributed by atoms with Gasteiger partial charge in [-0.05, 0) is 43.2 Å². The van der Waals surface area contributed by atoms with Crippen molar-refractivity contribution in [3.8, 4) is 23.0 Å². The van der Waals surface area contributed by atoms with E-state index in [0.29, 0.717) is 24.3 Å². The smallest absolute Gasteiger partial charge is 0.274 e. The van der Waals surface area contributed by atoms with Crippen LogP contribution in [0.15, 0.2) is 54.9 Å². The Kier molecular flexibility index (Phi) is 4.96. The molecule has 1 amide bonds. The highest BCUT2D eigenvalue weighted by atomic mass is 16.2. The molecular weight excluding hydrogens is 402 g/mol. The predicted molar refractivity (Wildman–Crippen MR) is 121 cm³/mol. The van der Waals surface area contributed by atoms with Crippen molar-refractivity contribution in [3.63, 3.8) is 0 Å². The number of carbonyl (C=O) groups is 1. The molecule has 1 aliphatic rings. The van der Waals surface area contributed by atoms with E-state index in [9.17, 15) is 4.79 Å². The number of aromatic nitrogens is 4. The number of hydrogen-bond donors (Lipinski definition) is 1. The fourth-order valence-corrected chi connectivity index (χ4v) is 4.22. The second-order valence-electron chi connectivity index (χ2n) is 8.20. The number of likely N-dealkylation sites (tertiary alicyclic amines) is 1. The second kappa shape index (κ2) is 7.94. The molecule has 32 heavy (non-hydrogen) atoms. The van der Waals surface area contributed by atoms with Crippen molar-refractivity contribution in [2.45, 2.75) is 18.9 Å². The number of rotatable bonds is 3.